The van der Waals surface area contributed by atoms with E-state index in [-0.39, 0.29) is 0 Å². The number of aryl methyl sites for hydroxylation is 1. The summed E-state index contributed by atoms with van der Waals surface area (Å²) in [6.45, 7) is 3.57. The lowest BCUT2D eigenvalue weighted by Gasteiger charge is -2.18. The first-order chi connectivity index (χ1) is 12.3. The summed E-state index contributed by atoms with van der Waals surface area (Å²) in [5, 5.41) is 15.3. The number of rotatable bonds is 4. The van der Waals surface area contributed by atoms with Crippen molar-refractivity contribution in [3.63, 3.8) is 0 Å². The van der Waals surface area contributed by atoms with Gasteiger partial charge in [-0.25, -0.2) is 0 Å². The van der Waals surface area contributed by atoms with Crippen molar-refractivity contribution in [1.82, 2.24) is 19.7 Å². The van der Waals surface area contributed by atoms with Crippen molar-refractivity contribution >= 4 is 0 Å². The van der Waals surface area contributed by atoms with Gasteiger partial charge in [0.05, 0.1) is 17.1 Å². The number of pyridine rings is 1. The van der Waals surface area contributed by atoms with E-state index >= 15 is 0 Å². The van der Waals surface area contributed by atoms with E-state index in [0.717, 1.165) is 55.2 Å². The Bertz CT molecular complexity index is 816. The normalized spacial score (nSPS) is 16.2. The molecule has 2 aromatic heterocycles. The molecule has 1 aromatic carbocycles. The van der Waals surface area contributed by atoms with Crippen LogP contribution in [0.1, 0.15) is 35.2 Å². The molecule has 1 aliphatic rings. The molecule has 3 heterocycles. The number of aliphatic hydroxyl groups is 1. The standard InChI is InChI=1S/C20H22N4O/c25-20(16-7-2-1-3-8-16)19-13-18-15-23(11-6-12-24(18)22-19)14-17-9-4-5-10-21-17/h1-5,7-10,13,20,25H,6,11-12,14-15H2/t20-/m0/s1. The van der Waals surface area contributed by atoms with Gasteiger partial charge in [-0.15, -0.1) is 0 Å². The molecule has 0 unspecified atom stereocenters. The SMILES string of the molecule is O[C@@H](c1ccccc1)c1cc2n(n1)CCCN(Cc1ccccn1)C2. The number of hydrogen-bond acceptors (Lipinski definition) is 4. The van der Waals surface area contributed by atoms with E-state index in [9.17, 15) is 5.11 Å². The Morgan fingerprint density at radius 1 is 1.04 bits per heavy atom. The molecule has 128 valence electrons. The number of aromatic nitrogens is 3. The zero-order chi connectivity index (χ0) is 17.1. The molecule has 0 fully saturated rings. The minimum atomic E-state index is -0.676. The molecule has 0 spiro atoms. The summed E-state index contributed by atoms with van der Waals surface area (Å²) in [5.74, 6) is 0. The molecule has 1 atom stereocenters. The third-order valence-corrected chi connectivity index (χ3v) is 4.62. The fraction of sp³-hybridized carbons (Fsp3) is 0.300. The highest BCUT2D eigenvalue weighted by atomic mass is 16.3. The smallest absolute Gasteiger partial charge is 0.123 e. The number of benzene rings is 1. The lowest BCUT2D eigenvalue weighted by Crippen LogP contribution is -2.23. The second-order valence-electron chi connectivity index (χ2n) is 6.48. The molecule has 3 aromatic rings. The Morgan fingerprint density at radius 3 is 2.68 bits per heavy atom. The quantitative estimate of drug-likeness (QED) is 0.797. The predicted octanol–water partition coefficient (Wildman–Crippen LogP) is 2.77. The number of fused-ring (bicyclic) bond motifs is 1. The molecule has 0 saturated heterocycles. The molecule has 0 bridgehead atoms. The lowest BCUT2D eigenvalue weighted by molar-refractivity contribution is 0.213. The highest BCUT2D eigenvalue weighted by Gasteiger charge is 2.20. The van der Waals surface area contributed by atoms with Gasteiger partial charge < -0.3 is 5.11 Å². The van der Waals surface area contributed by atoms with Gasteiger partial charge in [0, 0.05) is 32.4 Å². The molecule has 25 heavy (non-hydrogen) atoms. The van der Waals surface area contributed by atoms with Crippen molar-refractivity contribution in [2.24, 2.45) is 0 Å². The molecular formula is C20H22N4O. The molecular weight excluding hydrogens is 312 g/mol. The van der Waals surface area contributed by atoms with Crippen LogP contribution < -0.4 is 0 Å². The van der Waals surface area contributed by atoms with E-state index in [4.69, 9.17) is 0 Å². The fourth-order valence-corrected chi connectivity index (χ4v) is 3.35. The van der Waals surface area contributed by atoms with Gasteiger partial charge in [0.1, 0.15) is 6.10 Å². The minimum absolute atomic E-state index is 0.676. The first kappa shape index (κ1) is 16.0. The zero-order valence-electron chi connectivity index (χ0n) is 14.1. The summed E-state index contributed by atoms with van der Waals surface area (Å²) in [6, 6.07) is 17.8. The molecule has 0 amide bonds. The Labute approximate surface area is 147 Å². The number of hydrogen-bond donors (Lipinski definition) is 1. The van der Waals surface area contributed by atoms with Crippen LogP contribution in [0.25, 0.3) is 0 Å². The van der Waals surface area contributed by atoms with Crippen LogP contribution in [0.2, 0.25) is 0 Å². The van der Waals surface area contributed by atoms with Gasteiger partial charge >= 0.3 is 0 Å². The van der Waals surface area contributed by atoms with Gasteiger partial charge in [0.25, 0.3) is 0 Å². The largest absolute Gasteiger partial charge is 0.382 e. The van der Waals surface area contributed by atoms with Crippen LogP contribution in [0.15, 0.2) is 60.8 Å². The van der Waals surface area contributed by atoms with Crippen LogP contribution >= 0.6 is 0 Å². The van der Waals surface area contributed by atoms with E-state index in [0.29, 0.717) is 0 Å². The number of aliphatic hydroxyl groups excluding tert-OH is 1. The van der Waals surface area contributed by atoms with E-state index in [1.54, 1.807) is 0 Å². The van der Waals surface area contributed by atoms with Gasteiger partial charge in [0.15, 0.2) is 0 Å². The second-order valence-corrected chi connectivity index (χ2v) is 6.48. The Balaban J connectivity index is 1.53. The van der Waals surface area contributed by atoms with Crippen LogP contribution in [0.4, 0.5) is 0 Å². The summed E-state index contributed by atoms with van der Waals surface area (Å²) in [7, 11) is 0. The van der Waals surface area contributed by atoms with Crippen molar-refractivity contribution in [3.05, 3.63) is 83.4 Å². The van der Waals surface area contributed by atoms with Crippen LogP contribution in [0.3, 0.4) is 0 Å². The molecule has 1 N–H and O–H groups in total. The van der Waals surface area contributed by atoms with Gasteiger partial charge in [-0.1, -0.05) is 36.4 Å². The fourth-order valence-electron chi connectivity index (χ4n) is 3.35. The zero-order valence-corrected chi connectivity index (χ0v) is 14.1. The summed E-state index contributed by atoms with van der Waals surface area (Å²) in [6.07, 6.45) is 2.21. The van der Waals surface area contributed by atoms with Crippen LogP contribution in [0.5, 0.6) is 0 Å². The third-order valence-electron chi connectivity index (χ3n) is 4.62. The molecule has 4 rings (SSSR count). The maximum absolute atomic E-state index is 10.6. The van der Waals surface area contributed by atoms with Crippen molar-refractivity contribution in [2.45, 2.75) is 32.2 Å². The van der Waals surface area contributed by atoms with Crippen LogP contribution in [-0.2, 0) is 19.6 Å². The van der Waals surface area contributed by atoms with E-state index < -0.39 is 6.10 Å². The summed E-state index contributed by atoms with van der Waals surface area (Å²) in [4.78, 5) is 6.82. The monoisotopic (exact) mass is 334 g/mol. The molecule has 0 aliphatic carbocycles. The molecule has 0 radical (unpaired) electrons. The van der Waals surface area contributed by atoms with E-state index in [1.807, 2.05) is 59.4 Å². The van der Waals surface area contributed by atoms with E-state index in [2.05, 4.69) is 21.0 Å². The Hall–Kier alpha value is -2.50. The molecule has 1 aliphatic heterocycles. The topological polar surface area (TPSA) is 54.2 Å². The van der Waals surface area contributed by atoms with E-state index in [1.165, 1.54) is 0 Å². The highest BCUT2D eigenvalue weighted by molar-refractivity contribution is 5.26. The minimum Gasteiger partial charge on any atom is -0.382 e. The summed E-state index contributed by atoms with van der Waals surface area (Å²) < 4.78 is 2.04. The summed E-state index contributed by atoms with van der Waals surface area (Å²) in [5.41, 5.74) is 3.83. The molecule has 5 heteroatoms. The van der Waals surface area contributed by atoms with Gasteiger partial charge in [-0.2, -0.15) is 5.10 Å². The van der Waals surface area contributed by atoms with Crippen LogP contribution in [-0.4, -0.2) is 31.3 Å². The second kappa shape index (κ2) is 7.17. The average molecular weight is 334 g/mol. The van der Waals surface area contributed by atoms with Crippen molar-refractivity contribution < 1.29 is 5.11 Å². The molecule has 0 saturated carbocycles. The lowest BCUT2D eigenvalue weighted by atomic mass is 10.1. The summed E-state index contributed by atoms with van der Waals surface area (Å²) >= 11 is 0. The Kier molecular flexibility index (Phi) is 4.59. The third kappa shape index (κ3) is 3.62. The van der Waals surface area contributed by atoms with Gasteiger partial charge in [0.2, 0.25) is 0 Å². The van der Waals surface area contributed by atoms with Crippen LogP contribution in [0, 0.1) is 0 Å². The first-order valence-corrected chi connectivity index (χ1v) is 8.71. The van der Waals surface area contributed by atoms with Crippen molar-refractivity contribution in [2.75, 3.05) is 6.54 Å². The Morgan fingerprint density at radius 2 is 1.88 bits per heavy atom. The predicted molar refractivity (Wildman–Crippen MR) is 95.7 cm³/mol. The van der Waals surface area contributed by atoms with Crippen molar-refractivity contribution in [1.29, 1.82) is 0 Å². The maximum atomic E-state index is 10.6. The number of nitrogens with zero attached hydrogens (tertiary/aromatic N) is 4. The highest BCUT2D eigenvalue weighted by Crippen LogP contribution is 2.23. The maximum Gasteiger partial charge on any atom is 0.123 e. The van der Waals surface area contributed by atoms with Gasteiger partial charge in [-0.3, -0.25) is 14.6 Å². The first-order valence-electron chi connectivity index (χ1n) is 8.71. The average Bonchev–Trinajstić information content (AvgIpc) is 2.96. The van der Waals surface area contributed by atoms with Gasteiger partial charge in [-0.05, 0) is 30.2 Å². The molecule has 5 nitrogen and oxygen atoms in total. The van der Waals surface area contributed by atoms with Crippen molar-refractivity contribution in [3.8, 4) is 0 Å².